The highest BCUT2D eigenvalue weighted by Crippen LogP contribution is 2.35. The van der Waals surface area contributed by atoms with Crippen LogP contribution in [0.4, 0.5) is 5.82 Å². The van der Waals surface area contributed by atoms with Crippen molar-refractivity contribution in [2.75, 3.05) is 32.1 Å². The van der Waals surface area contributed by atoms with Gasteiger partial charge in [0.05, 0.1) is 24.1 Å². The lowest BCUT2D eigenvalue weighted by Gasteiger charge is -2.25. The minimum atomic E-state index is 0.602. The molecule has 0 radical (unpaired) electrons. The second-order valence-corrected chi connectivity index (χ2v) is 9.86. The van der Waals surface area contributed by atoms with Gasteiger partial charge < -0.3 is 19.5 Å². The van der Waals surface area contributed by atoms with Gasteiger partial charge in [-0.3, -0.25) is 0 Å². The van der Waals surface area contributed by atoms with E-state index in [1.165, 1.54) is 0 Å². The number of hydrogen-bond acceptors (Lipinski definition) is 6. The molecule has 2 aromatic carbocycles. The van der Waals surface area contributed by atoms with E-state index in [2.05, 4.69) is 70.5 Å². The van der Waals surface area contributed by atoms with Crippen LogP contribution in [-0.4, -0.2) is 52.1 Å². The van der Waals surface area contributed by atoms with Crippen molar-refractivity contribution in [1.82, 2.24) is 24.8 Å². The lowest BCUT2D eigenvalue weighted by Crippen LogP contribution is -2.29. The fraction of sp³-hybridized carbons (Fsp3) is 0.345. The summed E-state index contributed by atoms with van der Waals surface area (Å²) in [7, 11) is 4.08. The van der Waals surface area contributed by atoms with E-state index in [9.17, 15) is 0 Å². The number of hydrogen-bond donors (Lipinski definition) is 1. The number of allylic oxidation sites excluding steroid dienone is 1. The molecule has 0 saturated carbocycles. The number of nitrogens with one attached hydrogen (secondary N) is 1. The summed E-state index contributed by atoms with van der Waals surface area (Å²) in [6, 6.07) is 10.9. The number of ether oxygens (including phenoxy) is 1. The number of anilines is 1. The number of aromatic nitrogens is 4. The maximum Gasteiger partial charge on any atom is 0.144 e. The summed E-state index contributed by atoms with van der Waals surface area (Å²) in [5.41, 5.74) is 8.79. The van der Waals surface area contributed by atoms with Crippen LogP contribution < -0.4 is 9.64 Å². The number of benzene rings is 2. The van der Waals surface area contributed by atoms with Crippen LogP contribution in [0.15, 0.2) is 43.0 Å². The first kappa shape index (κ1) is 24.0. The summed E-state index contributed by atoms with van der Waals surface area (Å²) in [4.78, 5) is 22.2. The second kappa shape index (κ2) is 9.74. The Morgan fingerprint density at radius 1 is 1.08 bits per heavy atom. The molecule has 1 aliphatic heterocycles. The van der Waals surface area contributed by atoms with E-state index < -0.39 is 0 Å². The van der Waals surface area contributed by atoms with E-state index in [0.717, 1.165) is 87.3 Å². The largest absolute Gasteiger partial charge is 0.491 e. The Bertz CT molecular complexity index is 1440. The molecule has 5 rings (SSSR count). The SMILES string of the molecule is C=CCc1c(C)nc(CN(C)C)nc1N1CCOc2c(C)cc(-c3ccc4[nH]c(C)nc4c3)cc2C1. The average Bonchev–Trinajstić information content (AvgIpc) is 3.05. The molecular weight excluding hydrogens is 448 g/mol. The number of rotatable bonds is 6. The van der Waals surface area contributed by atoms with Crippen LogP contribution in [0.5, 0.6) is 5.75 Å². The van der Waals surface area contributed by atoms with Crippen LogP contribution in [0.25, 0.3) is 22.2 Å². The van der Waals surface area contributed by atoms with Crippen LogP contribution in [0, 0.1) is 20.8 Å². The molecule has 1 aliphatic rings. The van der Waals surface area contributed by atoms with Gasteiger partial charge >= 0.3 is 0 Å². The molecule has 7 heteroatoms. The van der Waals surface area contributed by atoms with Crippen molar-refractivity contribution >= 4 is 16.9 Å². The standard InChI is InChI=1S/C29H34N6O/c1-7-8-24-19(3)30-27(17-34(5)6)33-29(24)35-11-12-36-28-18(2)13-22(14-23(28)16-35)21-9-10-25-26(15-21)32-20(4)31-25/h7,9-10,13-15H,1,8,11-12,16-17H2,2-6H3,(H,31,32). The topological polar surface area (TPSA) is 70.2 Å². The van der Waals surface area contributed by atoms with Gasteiger partial charge in [0.25, 0.3) is 0 Å². The normalized spacial score (nSPS) is 13.6. The Morgan fingerprint density at radius 2 is 1.92 bits per heavy atom. The number of imidazole rings is 1. The van der Waals surface area contributed by atoms with Crippen molar-refractivity contribution in [3.63, 3.8) is 0 Å². The first-order valence-corrected chi connectivity index (χ1v) is 12.4. The van der Waals surface area contributed by atoms with Crippen molar-refractivity contribution < 1.29 is 4.74 Å². The summed E-state index contributed by atoms with van der Waals surface area (Å²) in [5, 5.41) is 0. The van der Waals surface area contributed by atoms with Gasteiger partial charge in [0.15, 0.2) is 0 Å². The Morgan fingerprint density at radius 3 is 2.69 bits per heavy atom. The molecule has 0 fully saturated rings. The van der Waals surface area contributed by atoms with E-state index in [4.69, 9.17) is 14.7 Å². The van der Waals surface area contributed by atoms with Crippen molar-refractivity contribution in [1.29, 1.82) is 0 Å². The smallest absolute Gasteiger partial charge is 0.144 e. The number of aryl methyl sites for hydroxylation is 3. The average molecular weight is 483 g/mol. The fourth-order valence-corrected chi connectivity index (χ4v) is 5.01. The zero-order valence-corrected chi connectivity index (χ0v) is 21.9. The van der Waals surface area contributed by atoms with Crippen LogP contribution in [-0.2, 0) is 19.5 Å². The molecule has 0 amide bonds. The molecule has 1 N–H and O–H groups in total. The van der Waals surface area contributed by atoms with Gasteiger partial charge in [0.1, 0.15) is 29.8 Å². The molecule has 2 aromatic heterocycles. The van der Waals surface area contributed by atoms with E-state index in [-0.39, 0.29) is 0 Å². The third-order valence-corrected chi connectivity index (χ3v) is 6.60. The van der Waals surface area contributed by atoms with Gasteiger partial charge in [0, 0.05) is 23.4 Å². The summed E-state index contributed by atoms with van der Waals surface area (Å²) in [5.74, 6) is 3.71. The number of nitrogens with zero attached hydrogens (tertiary/aromatic N) is 5. The van der Waals surface area contributed by atoms with E-state index >= 15 is 0 Å². The molecule has 0 spiro atoms. The molecule has 186 valence electrons. The third kappa shape index (κ3) is 4.71. The van der Waals surface area contributed by atoms with Gasteiger partial charge in [-0.2, -0.15) is 0 Å². The molecule has 4 aromatic rings. The minimum absolute atomic E-state index is 0.602. The predicted octanol–water partition coefficient (Wildman–Crippen LogP) is 5.13. The minimum Gasteiger partial charge on any atom is -0.491 e. The Kier molecular flexibility index (Phi) is 6.49. The Hall–Kier alpha value is -3.71. The molecule has 0 atom stereocenters. The van der Waals surface area contributed by atoms with Crippen molar-refractivity contribution in [3.8, 4) is 16.9 Å². The number of H-pyrrole nitrogens is 1. The molecule has 7 nitrogen and oxygen atoms in total. The molecular formula is C29H34N6O. The molecule has 0 unspecified atom stereocenters. The fourth-order valence-electron chi connectivity index (χ4n) is 5.01. The van der Waals surface area contributed by atoms with Gasteiger partial charge in [-0.25, -0.2) is 15.0 Å². The lowest BCUT2D eigenvalue weighted by molar-refractivity contribution is 0.329. The molecule has 0 aliphatic carbocycles. The van der Waals surface area contributed by atoms with Crippen LogP contribution in [0.1, 0.15) is 34.0 Å². The lowest BCUT2D eigenvalue weighted by atomic mass is 9.98. The van der Waals surface area contributed by atoms with Gasteiger partial charge in [-0.05, 0) is 82.2 Å². The van der Waals surface area contributed by atoms with Gasteiger partial charge in [-0.1, -0.05) is 12.1 Å². The van der Waals surface area contributed by atoms with Crippen LogP contribution >= 0.6 is 0 Å². The van der Waals surface area contributed by atoms with E-state index in [1.54, 1.807) is 0 Å². The second-order valence-electron chi connectivity index (χ2n) is 9.86. The van der Waals surface area contributed by atoms with E-state index in [0.29, 0.717) is 13.2 Å². The first-order chi connectivity index (χ1) is 17.3. The van der Waals surface area contributed by atoms with Crippen molar-refractivity contribution in [2.45, 2.75) is 40.3 Å². The number of aromatic amines is 1. The molecule has 0 saturated heterocycles. The van der Waals surface area contributed by atoms with Crippen LogP contribution in [0.2, 0.25) is 0 Å². The monoisotopic (exact) mass is 482 g/mol. The van der Waals surface area contributed by atoms with Crippen molar-refractivity contribution in [3.05, 3.63) is 77.0 Å². The Balaban J connectivity index is 1.56. The van der Waals surface area contributed by atoms with E-state index in [1.807, 2.05) is 27.1 Å². The molecule has 36 heavy (non-hydrogen) atoms. The van der Waals surface area contributed by atoms with Crippen LogP contribution in [0.3, 0.4) is 0 Å². The zero-order valence-electron chi connectivity index (χ0n) is 21.9. The molecule has 0 bridgehead atoms. The predicted molar refractivity (Wildman–Crippen MR) is 146 cm³/mol. The quantitative estimate of drug-likeness (QED) is 0.384. The van der Waals surface area contributed by atoms with Crippen molar-refractivity contribution in [2.24, 2.45) is 0 Å². The molecule has 3 heterocycles. The summed E-state index contributed by atoms with van der Waals surface area (Å²) in [6.45, 7) is 12.9. The maximum absolute atomic E-state index is 6.29. The number of fused-ring (bicyclic) bond motifs is 2. The summed E-state index contributed by atoms with van der Waals surface area (Å²) < 4.78 is 6.29. The Labute approximate surface area is 212 Å². The first-order valence-electron chi connectivity index (χ1n) is 12.4. The highest BCUT2D eigenvalue weighted by atomic mass is 16.5. The highest BCUT2D eigenvalue weighted by molar-refractivity contribution is 5.82. The zero-order chi connectivity index (χ0) is 25.4. The third-order valence-electron chi connectivity index (χ3n) is 6.60. The maximum atomic E-state index is 6.29. The van der Waals surface area contributed by atoms with Gasteiger partial charge in [-0.15, -0.1) is 6.58 Å². The summed E-state index contributed by atoms with van der Waals surface area (Å²) >= 11 is 0. The summed E-state index contributed by atoms with van der Waals surface area (Å²) in [6.07, 6.45) is 2.66. The van der Waals surface area contributed by atoms with Gasteiger partial charge in [0.2, 0.25) is 0 Å². The highest BCUT2D eigenvalue weighted by Gasteiger charge is 2.23.